The van der Waals surface area contributed by atoms with Crippen LogP contribution in [0.15, 0.2) is 0 Å². The summed E-state index contributed by atoms with van der Waals surface area (Å²) in [7, 11) is 0. The van der Waals surface area contributed by atoms with E-state index >= 15 is 0 Å². The number of ether oxygens (including phenoxy) is 1. The zero-order valence-electron chi connectivity index (χ0n) is 10.6. The summed E-state index contributed by atoms with van der Waals surface area (Å²) in [5, 5.41) is 4.37. The lowest BCUT2D eigenvalue weighted by atomic mass is 10.3. The molecule has 1 heterocycles. The van der Waals surface area contributed by atoms with E-state index in [4.69, 9.17) is 10.5 Å². The van der Waals surface area contributed by atoms with E-state index in [-0.39, 0.29) is 0 Å². The highest BCUT2D eigenvalue weighted by molar-refractivity contribution is 5.52. The molecule has 0 amide bonds. The van der Waals surface area contributed by atoms with Crippen LogP contribution in [-0.2, 0) is 6.54 Å². The number of aryl methyl sites for hydroxylation is 2. The van der Waals surface area contributed by atoms with Crippen LogP contribution in [0.1, 0.15) is 45.2 Å². The largest absolute Gasteiger partial charge is 0.476 e. The molecule has 0 fully saturated rings. The lowest BCUT2D eigenvalue weighted by Crippen LogP contribution is -2.07. The molecule has 1 aromatic heterocycles. The molecule has 0 unspecified atom stereocenters. The van der Waals surface area contributed by atoms with Crippen molar-refractivity contribution in [3.8, 4) is 5.88 Å². The average molecular weight is 225 g/mol. The van der Waals surface area contributed by atoms with E-state index in [0.29, 0.717) is 5.69 Å². The molecule has 0 aromatic carbocycles. The van der Waals surface area contributed by atoms with Gasteiger partial charge in [0.25, 0.3) is 0 Å². The van der Waals surface area contributed by atoms with E-state index in [1.807, 2.05) is 11.6 Å². The predicted octanol–water partition coefficient (Wildman–Crippen LogP) is 2.75. The van der Waals surface area contributed by atoms with Crippen molar-refractivity contribution >= 4 is 5.69 Å². The summed E-state index contributed by atoms with van der Waals surface area (Å²) >= 11 is 0. The molecule has 0 spiro atoms. The molecule has 1 aromatic rings. The van der Waals surface area contributed by atoms with Gasteiger partial charge in [-0.25, -0.2) is 4.68 Å². The van der Waals surface area contributed by atoms with Crippen LogP contribution >= 0.6 is 0 Å². The Hall–Kier alpha value is -1.19. The Bertz CT molecular complexity index is 320. The average Bonchev–Trinajstić information content (AvgIpc) is 2.52. The van der Waals surface area contributed by atoms with Gasteiger partial charge in [-0.2, -0.15) is 5.10 Å². The Morgan fingerprint density at radius 3 is 2.62 bits per heavy atom. The maximum absolute atomic E-state index is 5.94. The summed E-state index contributed by atoms with van der Waals surface area (Å²) in [5.41, 5.74) is 7.49. The number of hydrogen-bond donors (Lipinski definition) is 1. The first-order chi connectivity index (χ1) is 7.70. The fourth-order valence-corrected chi connectivity index (χ4v) is 1.61. The van der Waals surface area contributed by atoms with Crippen LogP contribution < -0.4 is 10.5 Å². The molecule has 4 heteroatoms. The van der Waals surface area contributed by atoms with Crippen LogP contribution in [0.5, 0.6) is 5.88 Å². The van der Waals surface area contributed by atoms with Gasteiger partial charge in [-0.1, -0.05) is 26.7 Å². The zero-order chi connectivity index (χ0) is 12.0. The minimum Gasteiger partial charge on any atom is -0.476 e. The lowest BCUT2D eigenvalue weighted by molar-refractivity contribution is 0.275. The number of anilines is 1. The van der Waals surface area contributed by atoms with Gasteiger partial charge < -0.3 is 10.5 Å². The Balaban J connectivity index is 2.61. The van der Waals surface area contributed by atoms with Gasteiger partial charge in [0.05, 0.1) is 12.3 Å². The van der Waals surface area contributed by atoms with Gasteiger partial charge in [0.2, 0.25) is 5.88 Å². The quantitative estimate of drug-likeness (QED) is 0.726. The Morgan fingerprint density at radius 2 is 2.00 bits per heavy atom. The molecule has 0 aliphatic carbocycles. The van der Waals surface area contributed by atoms with E-state index in [1.165, 1.54) is 12.8 Å². The molecule has 92 valence electrons. The number of unbranched alkanes of at least 4 members (excludes halogenated alkanes) is 2. The first-order valence-electron chi connectivity index (χ1n) is 6.16. The third-order valence-corrected chi connectivity index (χ3v) is 2.55. The lowest BCUT2D eigenvalue weighted by Gasteiger charge is -2.08. The van der Waals surface area contributed by atoms with Crippen LogP contribution in [0, 0.1) is 6.92 Å². The summed E-state index contributed by atoms with van der Waals surface area (Å²) < 4.78 is 7.59. The summed E-state index contributed by atoms with van der Waals surface area (Å²) in [6.07, 6.45) is 4.51. The molecule has 4 nitrogen and oxygen atoms in total. The molecule has 0 saturated heterocycles. The zero-order valence-corrected chi connectivity index (χ0v) is 10.6. The number of nitrogens with zero attached hydrogens (tertiary/aromatic N) is 2. The van der Waals surface area contributed by atoms with E-state index in [1.54, 1.807) is 0 Å². The van der Waals surface area contributed by atoms with Crippen LogP contribution in [0.4, 0.5) is 5.69 Å². The number of nitrogens with two attached hydrogens (primary N) is 1. The molecule has 16 heavy (non-hydrogen) atoms. The second-order valence-electron chi connectivity index (χ2n) is 4.08. The molecule has 0 saturated carbocycles. The second-order valence-corrected chi connectivity index (χ2v) is 4.08. The highest BCUT2D eigenvalue weighted by atomic mass is 16.5. The third-order valence-electron chi connectivity index (χ3n) is 2.55. The minimum atomic E-state index is 0.685. The molecule has 2 N–H and O–H groups in total. The van der Waals surface area contributed by atoms with E-state index in [0.717, 1.165) is 37.6 Å². The van der Waals surface area contributed by atoms with Gasteiger partial charge in [0, 0.05) is 6.54 Å². The van der Waals surface area contributed by atoms with E-state index in [9.17, 15) is 0 Å². The van der Waals surface area contributed by atoms with Crippen LogP contribution in [0.3, 0.4) is 0 Å². The van der Waals surface area contributed by atoms with E-state index < -0.39 is 0 Å². The van der Waals surface area contributed by atoms with Crippen LogP contribution in [-0.4, -0.2) is 16.4 Å². The molecule has 0 radical (unpaired) electrons. The Kier molecular flexibility index (Phi) is 5.15. The Labute approximate surface area is 97.8 Å². The van der Waals surface area contributed by atoms with Crippen molar-refractivity contribution in [1.29, 1.82) is 0 Å². The highest BCUT2D eigenvalue weighted by Crippen LogP contribution is 2.25. The monoisotopic (exact) mass is 225 g/mol. The van der Waals surface area contributed by atoms with Gasteiger partial charge >= 0.3 is 0 Å². The number of hydrogen-bond acceptors (Lipinski definition) is 3. The fourth-order valence-electron chi connectivity index (χ4n) is 1.61. The molecular weight excluding hydrogens is 202 g/mol. The van der Waals surface area contributed by atoms with Crippen molar-refractivity contribution in [2.24, 2.45) is 0 Å². The standard InChI is InChI=1S/C12H23N3O/c1-4-6-7-9-16-12-11(13)10(3)14-15(12)8-5-2/h4-9,13H2,1-3H3. The molecule has 0 bridgehead atoms. The van der Waals surface area contributed by atoms with Crippen molar-refractivity contribution in [3.63, 3.8) is 0 Å². The molecular formula is C12H23N3O. The van der Waals surface area contributed by atoms with Crippen molar-refractivity contribution < 1.29 is 4.74 Å². The summed E-state index contributed by atoms with van der Waals surface area (Å²) in [5.74, 6) is 0.746. The third kappa shape index (κ3) is 3.15. The molecule has 0 atom stereocenters. The van der Waals surface area contributed by atoms with Gasteiger partial charge in [-0.05, 0) is 19.8 Å². The highest BCUT2D eigenvalue weighted by Gasteiger charge is 2.12. The fraction of sp³-hybridized carbons (Fsp3) is 0.750. The second kappa shape index (κ2) is 6.40. The molecule has 0 aliphatic rings. The van der Waals surface area contributed by atoms with Crippen molar-refractivity contribution in [2.45, 2.75) is 53.0 Å². The summed E-state index contributed by atoms with van der Waals surface area (Å²) in [6.45, 7) is 7.81. The Morgan fingerprint density at radius 1 is 1.25 bits per heavy atom. The minimum absolute atomic E-state index is 0.685. The van der Waals surface area contributed by atoms with Gasteiger partial charge in [0.15, 0.2) is 0 Å². The maximum Gasteiger partial charge on any atom is 0.236 e. The van der Waals surface area contributed by atoms with E-state index in [2.05, 4.69) is 18.9 Å². The molecule has 1 rings (SSSR count). The van der Waals surface area contributed by atoms with Gasteiger partial charge in [0.1, 0.15) is 5.69 Å². The number of rotatable bonds is 7. The van der Waals surface area contributed by atoms with Gasteiger partial charge in [-0.15, -0.1) is 0 Å². The number of aromatic nitrogens is 2. The smallest absolute Gasteiger partial charge is 0.236 e. The predicted molar refractivity (Wildman–Crippen MR) is 66.7 cm³/mol. The van der Waals surface area contributed by atoms with Crippen molar-refractivity contribution in [2.75, 3.05) is 12.3 Å². The number of nitrogen functional groups attached to an aromatic ring is 1. The SMILES string of the molecule is CCCCCOc1c(N)c(C)nn1CCC. The van der Waals surface area contributed by atoms with Crippen LogP contribution in [0.25, 0.3) is 0 Å². The topological polar surface area (TPSA) is 53.1 Å². The maximum atomic E-state index is 5.94. The summed E-state index contributed by atoms with van der Waals surface area (Å²) in [6, 6.07) is 0. The van der Waals surface area contributed by atoms with Gasteiger partial charge in [-0.3, -0.25) is 0 Å². The molecule has 0 aliphatic heterocycles. The first-order valence-corrected chi connectivity index (χ1v) is 6.16. The van der Waals surface area contributed by atoms with Crippen molar-refractivity contribution in [1.82, 2.24) is 9.78 Å². The van der Waals surface area contributed by atoms with Crippen molar-refractivity contribution in [3.05, 3.63) is 5.69 Å². The normalized spacial score (nSPS) is 10.7. The van der Waals surface area contributed by atoms with Crippen LogP contribution in [0.2, 0.25) is 0 Å². The first kappa shape index (κ1) is 12.9. The summed E-state index contributed by atoms with van der Waals surface area (Å²) in [4.78, 5) is 0.